The molecule has 1 spiro atoms. The van der Waals surface area contributed by atoms with Crippen LogP contribution in [0.15, 0.2) is 18.2 Å². The van der Waals surface area contributed by atoms with E-state index in [0.29, 0.717) is 5.92 Å². The lowest BCUT2D eigenvalue weighted by Gasteiger charge is -2.41. The Labute approximate surface area is 139 Å². The average Bonchev–Trinajstić information content (AvgIpc) is 2.98. The van der Waals surface area contributed by atoms with E-state index in [1.807, 2.05) is 0 Å². The molecule has 1 aromatic rings. The van der Waals surface area contributed by atoms with Gasteiger partial charge in [0.05, 0.1) is 12.2 Å². The fourth-order valence-corrected chi connectivity index (χ4v) is 4.93. The van der Waals surface area contributed by atoms with Crippen LogP contribution in [-0.2, 0) is 17.6 Å². The highest BCUT2D eigenvalue weighted by atomic mass is 16.5. The van der Waals surface area contributed by atoms with Gasteiger partial charge in [-0.25, -0.2) is 0 Å². The van der Waals surface area contributed by atoms with Crippen molar-refractivity contribution >= 4 is 0 Å². The molecule has 1 saturated carbocycles. The Morgan fingerprint density at radius 3 is 2.83 bits per heavy atom. The third-order valence-electron chi connectivity index (χ3n) is 6.46. The lowest BCUT2D eigenvalue weighted by molar-refractivity contribution is -0.0861. The number of aryl methyl sites for hydroxylation is 1. The fraction of sp³-hybridized carbons (Fsp3) is 0.700. The van der Waals surface area contributed by atoms with Gasteiger partial charge >= 0.3 is 0 Å². The highest BCUT2D eigenvalue weighted by Crippen LogP contribution is 2.42. The Bertz CT molecular complexity index is 579. The van der Waals surface area contributed by atoms with Crippen LogP contribution in [0.2, 0.25) is 0 Å². The number of aliphatic hydroxyl groups is 1. The number of fused-ring (bicyclic) bond motifs is 1. The van der Waals surface area contributed by atoms with E-state index in [1.165, 1.54) is 42.4 Å². The van der Waals surface area contributed by atoms with Gasteiger partial charge in [-0.05, 0) is 74.0 Å². The Hall–Kier alpha value is -0.900. The molecular formula is C20H29NO2. The summed E-state index contributed by atoms with van der Waals surface area (Å²) in [5.41, 5.74) is 10.4. The van der Waals surface area contributed by atoms with E-state index in [9.17, 15) is 5.11 Å². The van der Waals surface area contributed by atoms with Gasteiger partial charge in [0.15, 0.2) is 0 Å². The van der Waals surface area contributed by atoms with E-state index in [-0.39, 0.29) is 17.7 Å². The van der Waals surface area contributed by atoms with Crippen molar-refractivity contribution in [1.29, 1.82) is 0 Å². The third kappa shape index (κ3) is 2.95. The summed E-state index contributed by atoms with van der Waals surface area (Å²) < 4.78 is 6.19. The number of hydrogen-bond acceptors (Lipinski definition) is 3. The Morgan fingerprint density at radius 2 is 2.09 bits per heavy atom. The first-order valence-electron chi connectivity index (χ1n) is 9.27. The van der Waals surface area contributed by atoms with Crippen molar-refractivity contribution in [2.24, 2.45) is 5.73 Å². The summed E-state index contributed by atoms with van der Waals surface area (Å²) in [5.74, 6) is 0.513. The molecule has 0 bridgehead atoms. The highest BCUT2D eigenvalue weighted by Gasteiger charge is 2.38. The van der Waals surface area contributed by atoms with Crippen molar-refractivity contribution < 1.29 is 9.84 Å². The monoisotopic (exact) mass is 315 g/mol. The van der Waals surface area contributed by atoms with E-state index in [4.69, 9.17) is 10.5 Å². The molecule has 3 atom stereocenters. The maximum absolute atomic E-state index is 9.48. The predicted octanol–water partition coefficient (Wildman–Crippen LogP) is 3.07. The Morgan fingerprint density at radius 1 is 1.17 bits per heavy atom. The van der Waals surface area contributed by atoms with Crippen LogP contribution in [0.5, 0.6) is 0 Å². The molecule has 126 valence electrons. The van der Waals surface area contributed by atoms with Crippen LogP contribution in [0.4, 0.5) is 0 Å². The van der Waals surface area contributed by atoms with Gasteiger partial charge in [0.25, 0.3) is 0 Å². The standard InChI is InChI=1S/C20H29NO2/c21-19(14-22)8-5-18(12-19)15-3-4-17-13-20(7-1-2-10-23-20)9-6-16(17)11-15/h3-4,11,18,22H,1-2,5-10,12-14,21H2. The zero-order chi connectivity index (χ0) is 15.9. The lowest BCUT2D eigenvalue weighted by Crippen LogP contribution is -2.41. The first-order chi connectivity index (χ1) is 11.1. The molecular weight excluding hydrogens is 286 g/mol. The van der Waals surface area contributed by atoms with E-state index in [2.05, 4.69) is 18.2 Å². The van der Waals surface area contributed by atoms with Gasteiger partial charge in [-0.2, -0.15) is 0 Å². The first-order valence-corrected chi connectivity index (χ1v) is 9.27. The summed E-state index contributed by atoms with van der Waals surface area (Å²) >= 11 is 0. The lowest BCUT2D eigenvalue weighted by atomic mass is 9.75. The van der Waals surface area contributed by atoms with Gasteiger partial charge in [-0.1, -0.05) is 18.2 Å². The molecule has 4 rings (SSSR count). The molecule has 2 fully saturated rings. The molecule has 0 aromatic heterocycles. The summed E-state index contributed by atoms with van der Waals surface area (Å²) in [4.78, 5) is 0. The molecule has 1 aliphatic heterocycles. The molecule has 1 aromatic carbocycles. The smallest absolute Gasteiger partial charge is 0.0726 e. The normalized spacial score (nSPS) is 37.0. The second kappa shape index (κ2) is 5.87. The average molecular weight is 315 g/mol. The maximum atomic E-state index is 9.48. The molecule has 0 amide bonds. The molecule has 3 unspecified atom stereocenters. The maximum Gasteiger partial charge on any atom is 0.0726 e. The largest absolute Gasteiger partial charge is 0.394 e. The van der Waals surface area contributed by atoms with Crippen LogP contribution in [-0.4, -0.2) is 29.5 Å². The summed E-state index contributed by atoms with van der Waals surface area (Å²) in [6, 6.07) is 7.05. The molecule has 0 radical (unpaired) electrons. The number of rotatable bonds is 2. The van der Waals surface area contributed by atoms with Gasteiger partial charge in [0, 0.05) is 18.6 Å². The number of hydrogen-bond donors (Lipinski definition) is 2. The zero-order valence-electron chi connectivity index (χ0n) is 14.0. The number of nitrogens with two attached hydrogens (primary N) is 1. The minimum Gasteiger partial charge on any atom is -0.394 e. The van der Waals surface area contributed by atoms with E-state index in [1.54, 1.807) is 0 Å². The molecule has 1 saturated heterocycles. The number of benzene rings is 1. The topological polar surface area (TPSA) is 55.5 Å². The van der Waals surface area contributed by atoms with E-state index >= 15 is 0 Å². The Balaban J connectivity index is 1.52. The summed E-state index contributed by atoms with van der Waals surface area (Å²) in [5, 5.41) is 9.48. The van der Waals surface area contributed by atoms with Crippen LogP contribution < -0.4 is 5.73 Å². The first kappa shape index (κ1) is 15.6. The summed E-state index contributed by atoms with van der Waals surface area (Å²) in [6.45, 7) is 1.05. The number of ether oxygens (including phenoxy) is 1. The fourth-order valence-electron chi connectivity index (χ4n) is 4.93. The van der Waals surface area contributed by atoms with Gasteiger partial charge in [0.1, 0.15) is 0 Å². The van der Waals surface area contributed by atoms with Crippen LogP contribution in [0, 0.1) is 0 Å². The van der Waals surface area contributed by atoms with E-state index in [0.717, 1.165) is 38.7 Å². The van der Waals surface area contributed by atoms with Crippen molar-refractivity contribution in [2.45, 2.75) is 74.8 Å². The van der Waals surface area contributed by atoms with Gasteiger partial charge in [0.2, 0.25) is 0 Å². The van der Waals surface area contributed by atoms with Crippen molar-refractivity contribution in [3.05, 3.63) is 34.9 Å². The van der Waals surface area contributed by atoms with Crippen molar-refractivity contribution in [3.8, 4) is 0 Å². The van der Waals surface area contributed by atoms with Crippen LogP contribution >= 0.6 is 0 Å². The van der Waals surface area contributed by atoms with Gasteiger partial charge in [-0.3, -0.25) is 0 Å². The second-order valence-corrected chi connectivity index (χ2v) is 8.15. The second-order valence-electron chi connectivity index (χ2n) is 8.15. The summed E-state index contributed by atoms with van der Waals surface area (Å²) in [6.07, 6.45) is 10.1. The van der Waals surface area contributed by atoms with Crippen LogP contribution in [0.25, 0.3) is 0 Å². The summed E-state index contributed by atoms with van der Waals surface area (Å²) in [7, 11) is 0. The molecule has 3 nitrogen and oxygen atoms in total. The van der Waals surface area contributed by atoms with Gasteiger partial charge < -0.3 is 15.6 Å². The molecule has 3 N–H and O–H groups in total. The molecule has 23 heavy (non-hydrogen) atoms. The van der Waals surface area contributed by atoms with Crippen LogP contribution in [0.3, 0.4) is 0 Å². The van der Waals surface area contributed by atoms with Crippen molar-refractivity contribution in [3.63, 3.8) is 0 Å². The van der Waals surface area contributed by atoms with Crippen LogP contribution in [0.1, 0.15) is 67.6 Å². The van der Waals surface area contributed by atoms with Gasteiger partial charge in [-0.15, -0.1) is 0 Å². The SMILES string of the molecule is NC1(CO)CCC(c2ccc3c(c2)CCC2(CCCCO2)C3)C1. The molecule has 3 aliphatic rings. The molecule has 3 heteroatoms. The molecule has 2 aliphatic carbocycles. The minimum absolute atomic E-state index is 0.105. The van der Waals surface area contributed by atoms with E-state index < -0.39 is 0 Å². The third-order valence-corrected chi connectivity index (χ3v) is 6.46. The minimum atomic E-state index is -0.361. The quantitative estimate of drug-likeness (QED) is 0.882. The highest BCUT2D eigenvalue weighted by molar-refractivity contribution is 5.38. The van der Waals surface area contributed by atoms with Crippen molar-refractivity contribution in [2.75, 3.05) is 13.2 Å². The van der Waals surface area contributed by atoms with Crippen molar-refractivity contribution in [1.82, 2.24) is 0 Å². The number of aliphatic hydroxyl groups excluding tert-OH is 1. The molecule has 1 heterocycles. The Kier molecular flexibility index (Phi) is 3.99. The predicted molar refractivity (Wildman–Crippen MR) is 91.6 cm³/mol. The zero-order valence-corrected chi connectivity index (χ0v) is 14.0.